The number of aromatic nitrogens is 1. The van der Waals surface area contributed by atoms with Crippen LogP contribution >= 0.6 is 11.3 Å². The fourth-order valence-corrected chi connectivity index (χ4v) is 6.39. The van der Waals surface area contributed by atoms with Crippen LogP contribution in [0.1, 0.15) is 86.6 Å². The average Bonchev–Trinajstić information content (AvgIpc) is 3.59. The van der Waals surface area contributed by atoms with Crippen LogP contribution < -0.4 is 0 Å². The molecule has 1 aromatic rings. The Morgan fingerprint density at radius 2 is 1.91 bits per heavy atom. The summed E-state index contributed by atoms with van der Waals surface area (Å²) in [6.07, 6.45) is 15.7. The van der Waals surface area contributed by atoms with Gasteiger partial charge in [0.2, 0.25) is 0 Å². The number of nitrogens with zero attached hydrogens (tertiary/aromatic N) is 3. The Morgan fingerprint density at radius 1 is 1.18 bits per heavy atom. The second-order valence-electron chi connectivity index (χ2n) is 10.3. The quantitative estimate of drug-likeness (QED) is 0.411. The van der Waals surface area contributed by atoms with Crippen molar-refractivity contribution in [2.75, 3.05) is 26.2 Å². The van der Waals surface area contributed by atoms with Gasteiger partial charge in [-0.3, -0.25) is 9.69 Å². The van der Waals surface area contributed by atoms with Gasteiger partial charge >= 0.3 is 0 Å². The molecule has 4 nitrogen and oxygen atoms in total. The molecule has 0 atom stereocenters. The Balaban J connectivity index is 1.43. The minimum absolute atomic E-state index is 0.173. The maximum Gasteiger partial charge on any atom is 0.265 e. The van der Waals surface area contributed by atoms with Crippen LogP contribution in [0.25, 0.3) is 5.57 Å². The Bertz CT molecular complexity index is 1020. The smallest absolute Gasteiger partial charge is 0.265 e. The maximum atomic E-state index is 13.5. The molecule has 1 saturated carbocycles. The van der Waals surface area contributed by atoms with Crippen molar-refractivity contribution in [2.45, 2.75) is 79.2 Å². The van der Waals surface area contributed by atoms with E-state index in [9.17, 15) is 4.79 Å². The van der Waals surface area contributed by atoms with Crippen molar-refractivity contribution in [1.82, 2.24) is 14.8 Å². The van der Waals surface area contributed by atoms with Crippen LogP contribution in [0.2, 0.25) is 0 Å². The first-order chi connectivity index (χ1) is 16.4. The van der Waals surface area contributed by atoms with Crippen LogP contribution in [-0.4, -0.2) is 52.9 Å². The molecule has 0 N–H and O–H groups in total. The summed E-state index contributed by atoms with van der Waals surface area (Å²) in [5.74, 6) is 1.10. The highest BCUT2D eigenvalue weighted by Crippen LogP contribution is 2.35. The van der Waals surface area contributed by atoms with Crippen molar-refractivity contribution >= 4 is 22.8 Å². The first kappa shape index (κ1) is 25.1. The molecule has 0 bridgehead atoms. The summed E-state index contributed by atoms with van der Waals surface area (Å²) in [4.78, 5) is 23.9. The minimum atomic E-state index is 0.173. The van der Waals surface area contributed by atoms with Crippen molar-refractivity contribution < 1.29 is 4.79 Å². The molecule has 1 amide bonds. The van der Waals surface area contributed by atoms with Crippen molar-refractivity contribution in [1.29, 1.82) is 0 Å². The molecule has 184 valence electrons. The molecule has 1 aromatic heterocycles. The summed E-state index contributed by atoms with van der Waals surface area (Å²) in [5, 5.41) is 0.986. The number of allylic oxidation sites excluding steroid dienone is 8. The molecule has 1 saturated heterocycles. The molecule has 0 spiro atoms. The zero-order valence-corrected chi connectivity index (χ0v) is 22.5. The topological polar surface area (TPSA) is 36.4 Å². The number of amides is 1. The summed E-state index contributed by atoms with van der Waals surface area (Å²) >= 11 is 1.58. The van der Waals surface area contributed by atoms with Gasteiger partial charge in [0.25, 0.3) is 5.91 Å². The molecule has 5 heteroatoms. The van der Waals surface area contributed by atoms with E-state index < -0.39 is 0 Å². The van der Waals surface area contributed by atoms with Gasteiger partial charge in [-0.2, -0.15) is 0 Å². The molecular weight excluding hydrogens is 438 g/mol. The van der Waals surface area contributed by atoms with E-state index >= 15 is 0 Å². The molecule has 0 radical (unpaired) electrons. The predicted octanol–water partition coefficient (Wildman–Crippen LogP) is 6.80. The molecule has 0 unspecified atom stereocenters. The summed E-state index contributed by atoms with van der Waals surface area (Å²) < 4.78 is 0. The van der Waals surface area contributed by atoms with Gasteiger partial charge in [-0.1, -0.05) is 36.8 Å². The van der Waals surface area contributed by atoms with Gasteiger partial charge in [0, 0.05) is 25.7 Å². The number of carbonyl (C=O) groups excluding carboxylic acids is 1. The SMILES string of the molecule is C/C=C\C1=C(C)CC(c2nc(C)c(C(=O)N3CCC(N(CCC)CC4CC4)CC3)s2)=CC=C1C. The molecule has 34 heavy (non-hydrogen) atoms. The van der Waals surface area contributed by atoms with Crippen molar-refractivity contribution in [3.63, 3.8) is 0 Å². The molecule has 2 aliphatic carbocycles. The summed E-state index contributed by atoms with van der Waals surface area (Å²) in [6, 6.07) is 0.634. The number of hydrogen-bond donors (Lipinski definition) is 0. The third kappa shape index (κ3) is 5.80. The Hall–Kier alpha value is -1.98. The fourth-order valence-electron chi connectivity index (χ4n) is 5.33. The average molecular weight is 480 g/mol. The lowest BCUT2D eigenvalue weighted by atomic mass is 9.99. The molecule has 1 aliphatic heterocycles. The summed E-state index contributed by atoms with van der Waals surface area (Å²) in [7, 11) is 0. The van der Waals surface area contributed by atoms with Gasteiger partial charge in [0.05, 0.1) is 5.69 Å². The fraction of sp³-hybridized carbons (Fsp3) is 0.586. The van der Waals surface area contributed by atoms with E-state index in [0.717, 1.165) is 53.8 Å². The van der Waals surface area contributed by atoms with Gasteiger partial charge in [-0.25, -0.2) is 4.98 Å². The van der Waals surface area contributed by atoms with E-state index in [1.54, 1.807) is 11.3 Å². The number of thiazole rings is 1. The van der Waals surface area contributed by atoms with Gasteiger partial charge < -0.3 is 4.90 Å². The van der Waals surface area contributed by atoms with Crippen molar-refractivity contribution in [3.05, 3.63) is 56.6 Å². The lowest BCUT2D eigenvalue weighted by Crippen LogP contribution is -2.47. The Morgan fingerprint density at radius 3 is 2.56 bits per heavy atom. The normalized spacial score (nSPS) is 20.2. The highest BCUT2D eigenvalue weighted by Gasteiger charge is 2.32. The monoisotopic (exact) mass is 479 g/mol. The lowest BCUT2D eigenvalue weighted by molar-refractivity contribution is 0.0615. The van der Waals surface area contributed by atoms with E-state index in [1.165, 1.54) is 54.6 Å². The first-order valence-electron chi connectivity index (χ1n) is 13.1. The predicted molar refractivity (Wildman–Crippen MR) is 144 cm³/mol. The van der Waals surface area contributed by atoms with Gasteiger partial charge in [0.15, 0.2) is 0 Å². The summed E-state index contributed by atoms with van der Waals surface area (Å²) in [5.41, 5.74) is 6.00. The third-order valence-electron chi connectivity index (χ3n) is 7.44. The van der Waals surface area contributed by atoms with Crippen LogP contribution in [0.5, 0.6) is 0 Å². The second-order valence-corrected chi connectivity index (χ2v) is 11.3. The lowest BCUT2D eigenvalue weighted by Gasteiger charge is -2.38. The highest BCUT2D eigenvalue weighted by molar-refractivity contribution is 7.14. The van der Waals surface area contributed by atoms with Crippen LogP contribution in [-0.2, 0) is 0 Å². The number of hydrogen-bond acceptors (Lipinski definition) is 4. The Kier molecular flexibility index (Phi) is 8.26. The van der Waals surface area contributed by atoms with Gasteiger partial charge in [-0.05, 0) is 95.4 Å². The maximum absolute atomic E-state index is 13.5. The van der Waals surface area contributed by atoms with E-state index in [4.69, 9.17) is 4.98 Å². The largest absolute Gasteiger partial charge is 0.338 e. The van der Waals surface area contributed by atoms with E-state index in [-0.39, 0.29) is 5.91 Å². The standard InChI is InChI=1S/C29H41N3OS/c1-6-8-26-20(3)9-12-24(18-21(26)4)28-30-22(5)27(34-28)29(33)31-16-13-25(14-17-31)32(15-7-2)19-23-10-11-23/h6,8-9,12,23,25H,7,10-11,13-19H2,1-5H3/b8-6-. The van der Waals surface area contributed by atoms with Crippen LogP contribution in [0.3, 0.4) is 0 Å². The van der Waals surface area contributed by atoms with Gasteiger partial charge in [0.1, 0.15) is 9.88 Å². The third-order valence-corrected chi connectivity index (χ3v) is 8.66. The second kappa shape index (κ2) is 11.2. The number of aryl methyl sites for hydroxylation is 1. The zero-order chi connectivity index (χ0) is 24.2. The van der Waals surface area contributed by atoms with E-state index in [0.29, 0.717) is 6.04 Å². The molecule has 3 aliphatic rings. The number of piperidine rings is 1. The van der Waals surface area contributed by atoms with Crippen LogP contribution in [0.4, 0.5) is 0 Å². The van der Waals surface area contributed by atoms with Crippen LogP contribution in [0, 0.1) is 12.8 Å². The van der Waals surface area contributed by atoms with Crippen molar-refractivity contribution in [3.8, 4) is 0 Å². The molecule has 2 fully saturated rings. The van der Waals surface area contributed by atoms with Crippen LogP contribution in [0.15, 0.2) is 41.0 Å². The van der Waals surface area contributed by atoms with Gasteiger partial charge in [-0.15, -0.1) is 11.3 Å². The van der Waals surface area contributed by atoms with E-state index in [1.807, 2.05) is 6.92 Å². The Labute approximate surface area is 210 Å². The van der Waals surface area contributed by atoms with E-state index in [2.05, 4.69) is 61.8 Å². The minimum Gasteiger partial charge on any atom is -0.338 e. The summed E-state index contributed by atoms with van der Waals surface area (Å²) in [6.45, 7) is 14.9. The number of carbonyl (C=O) groups is 1. The molecule has 4 rings (SSSR count). The molecule has 2 heterocycles. The first-order valence-corrected chi connectivity index (χ1v) is 13.9. The molecule has 0 aromatic carbocycles. The number of likely N-dealkylation sites (tertiary alicyclic amines) is 1. The van der Waals surface area contributed by atoms with Crippen molar-refractivity contribution in [2.24, 2.45) is 5.92 Å². The number of rotatable bonds is 8. The highest BCUT2D eigenvalue weighted by atomic mass is 32.1. The molecular formula is C29H41N3OS. The zero-order valence-electron chi connectivity index (χ0n) is 21.7.